The number of piperidine rings is 1. The van der Waals surface area contributed by atoms with Crippen molar-refractivity contribution in [3.63, 3.8) is 0 Å². The number of rotatable bonds is 6. The zero-order chi connectivity index (χ0) is 20.5. The van der Waals surface area contributed by atoms with Crippen LogP contribution in [0.1, 0.15) is 30.1 Å². The lowest BCUT2D eigenvalue weighted by atomic mass is 10.1. The van der Waals surface area contributed by atoms with E-state index in [4.69, 9.17) is 33.7 Å². The third-order valence-corrected chi connectivity index (χ3v) is 4.97. The summed E-state index contributed by atoms with van der Waals surface area (Å²) >= 11 is 11.7. The molecule has 28 heavy (non-hydrogen) atoms. The molecule has 0 aromatic heterocycles. The first-order chi connectivity index (χ1) is 13.4. The van der Waals surface area contributed by atoms with E-state index in [0.29, 0.717) is 54.4 Å². The Morgan fingerprint density at radius 2 is 2.00 bits per heavy atom. The first kappa shape index (κ1) is 22.1. The first-order valence-corrected chi connectivity index (χ1v) is 9.87. The van der Waals surface area contributed by atoms with Gasteiger partial charge in [-0.05, 0) is 38.0 Å². The number of amides is 2. The third kappa shape index (κ3) is 6.76. The van der Waals surface area contributed by atoms with Crippen molar-refractivity contribution in [3.05, 3.63) is 33.8 Å². The molecule has 0 spiro atoms. The van der Waals surface area contributed by atoms with Crippen LogP contribution < -0.4 is 16.4 Å². The van der Waals surface area contributed by atoms with Crippen LogP contribution in [0.2, 0.25) is 10.0 Å². The van der Waals surface area contributed by atoms with E-state index in [2.05, 4.69) is 15.6 Å². The molecule has 1 aromatic rings. The zero-order valence-electron chi connectivity index (χ0n) is 15.7. The molecule has 1 fully saturated rings. The minimum atomic E-state index is -0.277. The highest BCUT2D eigenvalue weighted by molar-refractivity contribution is 6.42. The number of hydrogen-bond acceptors (Lipinski definition) is 4. The van der Waals surface area contributed by atoms with Crippen LogP contribution in [0.15, 0.2) is 23.2 Å². The van der Waals surface area contributed by atoms with Gasteiger partial charge in [0.05, 0.1) is 23.2 Å². The molecule has 0 radical (unpaired) electrons. The van der Waals surface area contributed by atoms with E-state index in [-0.39, 0.29) is 18.0 Å². The second-order valence-electron chi connectivity index (χ2n) is 6.26. The fourth-order valence-corrected chi connectivity index (χ4v) is 3.06. The van der Waals surface area contributed by atoms with Crippen LogP contribution in [0.25, 0.3) is 0 Å². The molecule has 10 heteroatoms. The van der Waals surface area contributed by atoms with Gasteiger partial charge in [0, 0.05) is 31.2 Å². The van der Waals surface area contributed by atoms with Gasteiger partial charge in [-0.2, -0.15) is 0 Å². The first-order valence-electron chi connectivity index (χ1n) is 9.12. The van der Waals surface area contributed by atoms with E-state index in [1.54, 1.807) is 24.0 Å². The van der Waals surface area contributed by atoms with Crippen LogP contribution in [-0.2, 0) is 4.74 Å². The molecule has 4 N–H and O–H groups in total. The highest BCUT2D eigenvalue weighted by atomic mass is 35.5. The van der Waals surface area contributed by atoms with Crippen LogP contribution >= 0.6 is 23.2 Å². The van der Waals surface area contributed by atoms with Gasteiger partial charge in [0.15, 0.2) is 5.96 Å². The van der Waals surface area contributed by atoms with Gasteiger partial charge < -0.3 is 26.0 Å². The molecule has 1 heterocycles. The Hall–Kier alpha value is -2.19. The molecule has 2 amide bonds. The molecule has 2 rings (SSSR count). The van der Waals surface area contributed by atoms with Crippen molar-refractivity contribution in [2.75, 3.05) is 32.8 Å². The predicted molar refractivity (Wildman–Crippen MR) is 110 cm³/mol. The maximum Gasteiger partial charge on any atom is 0.409 e. The molecule has 0 unspecified atom stereocenters. The van der Waals surface area contributed by atoms with Crippen molar-refractivity contribution in [2.45, 2.75) is 25.8 Å². The number of nitrogens with two attached hydrogens (primary N) is 1. The Morgan fingerprint density at radius 3 is 2.64 bits per heavy atom. The number of nitrogens with zero attached hydrogens (tertiary/aromatic N) is 2. The summed E-state index contributed by atoms with van der Waals surface area (Å²) in [5.41, 5.74) is 6.33. The van der Waals surface area contributed by atoms with Crippen molar-refractivity contribution in [2.24, 2.45) is 10.7 Å². The topological polar surface area (TPSA) is 109 Å². The monoisotopic (exact) mass is 429 g/mol. The minimum absolute atomic E-state index is 0.153. The average molecular weight is 430 g/mol. The number of guanidine groups is 1. The van der Waals surface area contributed by atoms with Gasteiger partial charge in [0.25, 0.3) is 5.91 Å². The summed E-state index contributed by atoms with van der Waals surface area (Å²) in [4.78, 5) is 29.6. The van der Waals surface area contributed by atoms with Crippen LogP contribution in [-0.4, -0.2) is 61.7 Å². The highest BCUT2D eigenvalue weighted by Gasteiger charge is 2.23. The average Bonchev–Trinajstić information content (AvgIpc) is 2.68. The Labute approximate surface area is 174 Å². The van der Waals surface area contributed by atoms with E-state index >= 15 is 0 Å². The molecule has 0 bridgehead atoms. The molecular formula is C18H25Cl2N5O3. The lowest BCUT2D eigenvalue weighted by Crippen LogP contribution is -2.48. The van der Waals surface area contributed by atoms with Crippen molar-refractivity contribution in [1.29, 1.82) is 0 Å². The fourth-order valence-electron chi connectivity index (χ4n) is 2.76. The van der Waals surface area contributed by atoms with E-state index in [9.17, 15) is 9.59 Å². The summed E-state index contributed by atoms with van der Waals surface area (Å²) in [6.07, 6.45) is 1.26. The number of likely N-dealkylation sites (tertiary alicyclic amines) is 1. The lowest BCUT2D eigenvalue weighted by Gasteiger charge is -2.31. The molecular weight excluding hydrogens is 405 g/mol. The summed E-state index contributed by atoms with van der Waals surface area (Å²) in [6, 6.07) is 4.85. The SMILES string of the molecule is CCOC(=O)N1CCC(NC(N)=NCCNC(=O)c2ccc(Cl)c(Cl)c2)CC1. The Morgan fingerprint density at radius 1 is 1.29 bits per heavy atom. The number of aliphatic imine (C=N–C) groups is 1. The molecule has 1 aliphatic rings. The summed E-state index contributed by atoms with van der Waals surface area (Å²) in [7, 11) is 0. The molecule has 1 aliphatic heterocycles. The Kier molecular flexibility index (Phi) is 8.66. The fraction of sp³-hybridized carbons (Fsp3) is 0.500. The smallest absolute Gasteiger partial charge is 0.409 e. The molecule has 0 atom stereocenters. The molecule has 0 aliphatic carbocycles. The van der Waals surface area contributed by atoms with E-state index < -0.39 is 0 Å². The van der Waals surface area contributed by atoms with Crippen LogP contribution in [0.5, 0.6) is 0 Å². The van der Waals surface area contributed by atoms with E-state index in [1.165, 1.54) is 6.07 Å². The number of halogens is 2. The van der Waals surface area contributed by atoms with Crippen molar-refractivity contribution in [1.82, 2.24) is 15.5 Å². The number of nitrogens with one attached hydrogen (secondary N) is 2. The van der Waals surface area contributed by atoms with Gasteiger partial charge in [-0.25, -0.2) is 4.79 Å². The van der Waals surface area contributed by atoms with Gasteiger partial charge in [0.2, 0.25) is 0 Å². The molecule has 0 saturated carbocycles. The van der Waals surface area contributed by atoms with Gasteiger partial charge in [0.1, 0.15) is 0 Å². The number of ether oxygens (including phenoxy) is 1. The van der Waals surface area contributed by atoms with Crippen molar-refractivity contribution >= 4 is 41.2 Å². The Bertz CT molecular complexity index is 721. The molecule has 1 aromatic carbocycles. The van der Waals surface area contributed by atoms with Gasteiger partial charge >= 0.3 is 6.09 Å². The number of carbonyl (C=O) groups excluding carboxylic acids is 2. The van der Waals surface area contributed by atoms with Gasteiger partial charge in [-0.15, -0.1) is 0 Å². The lowest BCUT2D eigenvalue weighted by molar-refractivity contribution is 0.0949. The van der Waals surface area contributed by atoms with Crippen LogP contribution in [0, 0.1) is 0 Å². The van der Waals surface area contributed by atoms with Crippen LogP contribution in [0.4, 0.5) is 4.79 Å². The number of carbonyl (C=O) groups is 2. The summed E-state index contributed by atoms with van der Waals surface area (Å²) in [6.45, 7) is 4.07. The van der Waals surface area contributed by atoms with Crippen LogP contribution in [0.3, 0.4) is 0 Å². The Balaban J connectivity index is 1.68. The summed E-state index contributed by atoms with van der Waals surface area (Å²) in [5, 5.41) is 6.62. The van der Waals surface area contributed by atoms with E-state index in [1.807, 2.05) is 0 Å². The molecule has 1 saturated heterocycles. The number of benzene rings is 1. The highest BCUT2D eigenvalue weighted by Crippen LogP contribution is 2.22. The minimum Gasteiger partial charge on any atom is -0.450 e. The van der Waals surface area contributed by atoms with E-state index in [0.717, 1.165) is 12.8 Å². The molecule has 8 nitrogen and oxygen atoms in total. The standard InChI is InChI=1S/C18H25Cl2N5O3/c1-2-28-18(27)25-9-5-13(6-10-25)24-17(21)23-8-7-22-16(26)12-3-4-14(19)15(20)11-12/h3-4,11,13H,2,5-10H2,1H3,(H,22,26)(H3,21,23,24). The van der Waals surface area contributed by atoms with Gasteiger partial charge in [-0.3, -0.25) is 9.79 Å². The molecule has 154 valence electrons. The second kappa shape index (κ2) is 11.0. The number of hydrogen-bond donors (Lipinski definition) is 3. The van der Waals surface area contributed by atoms with Crippen molar-refractivity contribution < 1.29 is 14.3 Å². The van der Waals surface area contributed by atoms with Gasteiger partial charge in [-0.1, -0.05) is 23.2 Å². The maximum absolute atomic E-state index is 12.1. The summed E-state index contributed by atoms with van der Waals surface area (Å²) in [5.74, 6) is 0.0602. The van der Waals surface area contributed by atoms with Crippen molar-refractivity contribution in [3.8, 4) is 0 Å². The maximum atomic E-state index is 12.1. The second-order valence-corrected chi connectivity index (χ2v) is 7.07. The summed E-state index contributed by atoms with van der Waals surface area (Å²) < 4.78 is 5.00. The zero-order valence-corrected chi connectivity index (χ0v) is 17.2. The largest absolute Gasteiger partial charge is 0.450 e. The third-order valence-electron chi connectivity index (χ3n) is 4.23. The quantitative estimate of drug-likeness (QED) is 0.365. The predicted octanol–water partition coefficient (Wildman–Crippen LogP) is 2.25. The normalized spacial score (nSPS) is 15.2.